The molecule has 1 atom stereocenters. The number of hydrogen-bond acceptors (Lipinski definition) is 3. The highest BCUT2D eigenvalue weighted by Gasteiger charge is 2.31. The van der Waals surface area contributed by atoms with Crippen LogP contribution in [0.15, 0.2) is 36.4 Å². The second kappa shape index (κ2) is 7.11. The Labute approximate surface area is 148 Å². The fourth-order valence-electron chi connectivity index (χ4n) is 2.87. The Morgan fingerprint density at radius 3 is 2.69 bits per heavy atom. The van der Waals surface area contributed by atoms with Crippen LogP contribution in [0.25, 0.3) is 0 Å². The summed E-state index contributed by atoms with van der Waals surface area (Å²) in [5, 5.41) is 9.09. The summed E-state index contributed by atoms with van der Waals surface area (Å²) in [6, 6.07) is 7.58. The van der Waals surface area contributed by atoms with Gasteiger partial charge in [0, 0.05) is 12.1 Å². The average Bonchev–Trinajstić information content (AvgIpc) is 2.62. The summed E-state index contributed by atoms with van der Waals surface area (Å²) in [6.07, 6.45) is 0.515. The van der Waals surface area contributed by atoms with E-state index in [1.807, 2.05) is 0 Å². The first-order valence-electron chi connectivity index (χ1n) is 8.10. The van der Waals surface area contributed by atoms with Crippen LogP contribution in [0.3, 0.4) is 0 Å². The largest absolute Gasteiger partial charge is 0.489 e. The molecule has 5 nitrogen and oxygen atoms in total. The standard InChI is InChI=1S/C19H17F2NO4/c1-11(19(24)25)22-7-6-13-9-14(3-4-15(13)18(22)23)26-10-12-2-5-16(20)17(21)8-12/h2-5,8-9,11H,6-7,10H2,1H3,(H,24,25). The monoisotopic (exact) mass is 361 g/mol. The summed E-state index contributed by atoms with van der Waals surface area (Å²) in [5.41, 5.74) is 1.70. The molecule has 136 valence electrons. The van der Waals surface area contributed by atoms with Gasteiger partial charge in [-0.15, -0.1) is 0 Å². The Balaban J connectivity index is 1.72. The molecule has 0 bridgehead atoms. The lowest BCUT2D eigenvalue weighted by atomic mass is 9.97. The molecule has 2 aromatic rings. The molecule has 1 heterocycles. The van der Waals surface area contributed by atoms with E-state index in [4.69, 9.17) is 9.84 Å². The maximum absolute atomic E-state index is 13.2. The van der Waals surface area contributed by atoms with Gasteiger partial charge in [0.15, 0.2) is 11.6 Å². The van der Waals surface area contributed by atoms with Gasteiger partial charge >= 0.3 is 5.97 Å². The van der Waals surface area contributed by atoms with E-state index >= 15 is 0 Å². The van der Waals surface area contributed by atoms with Crippen LogP contribution < -0.4 is 4.74 Å². The van der Waals surface area contributed by atoms with Crippen molar-refractivity contribution in [1.29, 1.82) is 0 Å². The molecule has 0 spiro atoms. The van der Waals surface area contributed by atoms with Gasteiger partial charge in [0.1, 0.15) is 18.4 Å². The second-order valence-corrected chi connectivity index (χ2v) is 6.12. The Bertz CT molecular complexity index is 869. The SMILES string of the molecule is CC(C(=O)O)N1CCc2cc(OCc3ccc(F)c(F)c3)ccc2C1=O. The molecule has 0 radical (unpaired) electrons. The quantitative estimate of drug-likeness (QED) is 0.889. The molecule has 3 rings (SSSR count). The number of aliphatic carboxylic acids is 1. The summed E-state index contributed by atoms with van der Waals surface area (Å²) in [6.45, 7) is 1.85. The van der Waals surface area contributed by atoms with Crippen molar-refractivity contribution in [3.63, 3.8) is 0 Å². The molecule has 1 N–H and O–H groups in total. The van der Waals surface area contributed by atoms with E-state index < -0.39 is 23.6 Å². The Morgan fingerprint density at radius 1 is 1.23 bits per heavy atom. The van der Waals surface area contributed by atoms with Crippen LogP contribution in [-0.2, 0) is 17.8 Å². The molecule has 7 heteroatoms. The van der Waals surface area contributed by atoms with Gasteiger partial charge in [0.05, 0.1) is 0 Å². The lowest BCUT2D eigenvalue weighted by molar-refractivity contribution is -0.141. The minimum absolute atomic E-state index is 0.0616. The van der Waals surface area contributed by atoms with E-state index in [0.29, 0.717) is 29.8 Å². The number of hydrogen-bond donors (Lipinski definition) is 1. The lowest BCUT2D eigenvalue weighted by Gasteiger charge is -2.31. The zero-order valence-electron chi connectivity index (χ0n) is 14.0. The van der Waals surface area contributed by atoms with Gasteiger partial charge < -0.3 is 14.7 Å². The first kappa shape index (κ1) is 17.8. The molecule has 0 aliphatic carbocycles. The molecule has 1 amide bonds. The Kier molecular flexibility index (Phi) is 4.88. The lowest BCUT2D eigenvalue weighted by Crippen LogP contribution is -2.46. The Hall–Kier alpha value is -2.96. The highest BCUT2D eigenvalue weighted by Crippen LogP contribution is 2.25. The fourth-order valence-corrected chi connectivity index (χ4v) is 2.87. The predicted octanol–water partition coefficient (Wildman–Crippen LogP) is 3.02. The molecule has 2 aromatic carbocycles. The van der Waals surface area contributed by atoms with Crippen molar-refractivity contribution in [1.82, 2.24) is 4.90 Å². The number of nitrogens with zero attached hydrogens (tertiary/aromatic N) is 1. The molecule has 1 aliphatic rings. The fraction of sp³-hybridized carbons (Fsp3) is 0.263. The maximum atomic E-state index is 13.2. The molecule has 1 aliphatic heterocycles. The minimum atomic E-state index is -1.05. The van der Waals surface area contributed by atoms with Crippen molar-refractivity contribution >= 4 is 11.9 Å². The van der Waals surface area contributed by atoms with Gasteiger partial charge in [-0.3, -0.25) is 4.79 Å². The zero-order chi connectivity index (χ0) is 18.8. The van der Waals surface area contributed by atoms with Gasteiger partial charge in [-0.05, 0) is 54.8 Å². The van der Waals surface area contributed by atoms with Crippen LogP contribution >= 0.6 is 0 Å². The minimum Gasteiger partial charge on any atom is -0.489 e. The molecular weight excluding hydrogens is 344 g/mol. The number of carbonyl (C=O) groups is 2. The highest BCUT2D eigenvalue weighted by atomic mass is 19.2. The summed E-state index contributed by atoms with van der Waals surface area (Å²) in [5.74, 6) is -2.72. The number of amides is 1. The van der Waals surface area contributed by atoms with Gasteiger partial charge in [0.2, 0.25) is 0 Å². The molecular formula is C19H17F2NO4. The Morgan fingerprint density at radius 2 is 2.00 bits per heavy atom. The number of ether oxygens (including phenoxy) is 1. The number of fused-ring (bicyclic) bond motifs is 1. The maximum Gasteiger partial charge on any atom is 0.326 e. The van der Waals surface area contributed by atoms with E-state index in [-0.39, 0.29) is 12.5 Å². The average molecular weight is 361 g/mol. The topological polar surface area (TPSA) is 66.8 Å². The van der Waals surface area contributed by atoms with Gasteiger partial charge in [-0.25, -0.2) is 13.6 Å². The third-order valence-corrected chi connectivity index (χ3v) is 4.40. The number of benzene rings is 2. The number of halogens is 2. The normalized spacial score (nSPS) is 14.7. The third kappa shape index (κ3) is 3.51. The van der Waals surface area contributed by atoms with E-state index in [2.05, 4.69) is 0 Å². The molecule has 0 saturated heterocycles. The van der Waals surface area contributed by atoms with E-state index in [9.17, 15) is 18.4 Å². The molecule has 0 fully saturated rings. The summed E-state index contributed by atoms with van der Waals surface area (Å²) < 4.78 is 31.7. The molecule has 26 heavy (non-hydrogen) atoms. The highest BCUT2D eigenvalue weighted by molar-refractivity contribution is 5.99. The van der Waals surface area contributed by atoms with Crippen LogP contribution in [0.4, 0.5) is 8.78 Å². The van der Waals surface area contributed by atoms with Crippen molar-refractivity contribution in [2.45, 2.75) is 26.0 Å². The molecule has 1 unspecified atom stereocenters. The van der Waals surface area contributed by atoms with Crippen molar-refractivity contribution in [2.24, 2.45) is 0 Å². The van der Waals surface area contributed by atoms with Crippen LogP contribution in [-0.4, -0.2) is 34.5 Å². The van der Waals surface area contributed by atoms with Crippen LogP contribution in [0.1, 0.15) is 28.4 Å². The van der Waals surface area contributed by atoms with Crippen molar-refractivity contribution in [2.75, 3.05) is 6.54 Å². The van der Waals surface area contributed by atoms with Crippen molar-refractivity contribution < 1.29 is 28.2 Å². The summed E-state index contributed by atoms with van der Waals surface area (Å²) in [4.78, 5) is 24.9. The van der Waals surface area contributed by atoms with Crippen molar-refractivity contribution in [3.05, 3.63) is 64.7 Å². The first-order valence-corrected chi connectivity index (χ1v) is 8.10. The zero-order valence-corrected chi connectivity index (χ0v) is 14.0. The molecule has 0 aromatic heterocycles. The van der Waals surface area contributed by atoms with Gasteiger partial charge in [-0.2, -0.15) is 0 Å². The van der Waals surface area contributed by atoms with Crippen LogP contribution in [0, 0.1) is 11.6 Å². The number of carboxylic acid groups (broad SMARTS) is 1. The molecule has 0 saturated carbocycles. The smallest absolute Gasteiger partial charge is 0.326 e. The number of rotatable bonds is 5. The predicted molar refractivity (Wildman–Crippen MR) is 89.0 cm³/mol. The summed E-state index contributed by atoms with van der Waals surface area (Å²) >= 11 is 0. The number of carbonyl (C=O) groups excluding carboxylic acids is 1. The van der Waals surface area contributed by atoms with Gasteiger partial charge in [-0.1, -0.05) is 6.07 Å². The van der Waals surface area contributed by atoms with Gasteiger partial charge in [0.25, 0.3) is 5.91 Å². The van der Waals surface area contributed by atoms with Crippen LogP contribution in [0.5, 0.6) is 5.75 Å². The van der Waals surface area contributed by atoms with Crippen LogP contribution in [0.2, 0.25) is 0 Å². The second-order valence-electron chi connectivity index (χ2n) is 6.12. The van der Waals surface area contributed by atoms with E-state index in [1.54, 1.807) is 18.2 Å². The van der Waals surface area contributed by atoms with E-state index in [1.165, 1.54) is 17.9 Å². The van der Waals surface area contributed by atoms with E-state index in [0.717, 1.165) is 17.7 Å². The third-order valence-electron chi connectivity index (χ3n) is 4.40. The number of carboxylic acids is 1. The van der Waals surface area contributed by atoms with Crippen molar-refractivity contribution in [3.8, 4) is 5.75 Å². The first-order chi connectivity index (χ1) is 12.4. The summed E-state index contributed by atoms with van der Waals surface area (Å²) in [7, 11) is 0.